The molecule has 1 fully saturated rings. The maximum absolute atomic E-state index is 12.6. The summed E-state index contributed by atoms with van der Waals surface area (Å²) in [6.45, 7) is 0. The van der Waals surface area contributed by atoms with E-state index < -0.39 is 18.2 Å². The van der Waals surface area contributed by atoms with Gasteiger partial charge < -0.3 is 20.1 Å². The highest BCUT2D eigenvalue weighted by molar-refractivity contribution is 7.22. The summed E-state index contributed by atoms with van der Waals surface area (Å²) in [5.74, 6) is -0.633. The first-order valence-electron chi connectivity index (χ1n) is 14.4. The first-order valence-corrected chi connectivity index (χ1v) is 15.2. The molecule has 0 amide bonds. The van der Waals surface area contributed by atoms with Crippen molar-refractivity contribution in [1.82, 2.24) is 19.9 Å². The van der Waals surface area contributed by atoms with Crippen molar-refractivity contribution in [2.75, 3.05) is 17.7 Å². The number of nitrogens with zero attached hydrogens (tertiary/aromatic N) is 4. The molecule has 0 spiro atoms. The lowest BCUT2D eigenvalue weighted by Gasteiger charge is -2.29. The zero-order valence-corrected chi connectivity index (χ0v) is 25.0. The normalized spacial score (nSPS) is 16.7. The number of anilines is 3. The highest BCUT2D eigenvalue weighted by atomic mass is 32.1. The Labute approximate surface area is 260 Å². The number of pyridine rings is 1. The van der Waals surface area contributed by atoms with E-state index in [1.165, 1.54) is 11.3 Å². The zero-order valence-electron chi connectivity index (χ0n) is 24.2. The average molecular weight is 635 g/mol. The Kier molecular flexibility index (Phi) is 8.78. The molecule has 1 aliphatic carbocycles. The van der Waals surface area contributed by atoms with Crippen LogP contribution in [0.5, 0.6) is 5.88 Å². The van der Waals surface area contributed by atoms with Gasteiger partial charge in [-0.2, -0.15) is 18.2 Å². The molecular weight excluding hydrogens is 605 g/mol. The number of aromatic nitrogens is 4. The third kappa shape index (κ3) is 7.66. The number of methoxy groups -OCH3 is 1. The van der Waals surface area contributed by atoms with Gasteiger partial charge in [-0.25, -0.2) is 19.7 Å². The van der Waals surface area contributed by atoms with E-state index in [4.69, 9.17) is 19.7 Å². The number of fused-ring (bicyclic) bond motifs is 1. The number of rotatable bonds is 9. The first-order chi connectivity index (χ1) is 21.7. The van der Waals surface area contributed by atoms with Gasteiger partial charge >= 0.3 is 12.1 Å². The molecule has 1 saturated carbocycles. The number of hydrogen-bond acceptors (Lipinski definition) is 10. The van der Waals surface area contributed by atoms with E-state index in [1.807, 2.05) is 60.7 Å². The van der Waals surface area contributed by atoms with Crippen LogP contribution in [-0.2, 0) is 16.0 Å². The Bertz CT molecular complexity index is 1780. The Balaban J connectivity index is 1.19. The summed E-state index contributed by atoms with van der Waals surface area (Å²) in [4.78, 5) is 29.7. The predicted octanol–water partition coefficient (Wildman–Crippen LogP) is 7.32. The van der Waals surface area contributed by atoms with Gasteiger partial charge in [0.1, 0.15) is 11.9 Å². The van der Waals surface area contributed by atoms with Crippen molar-refractivity contribution in [2.24, 2.45) is 0 Å². The molecule has 0 aliphatic heterocycles. The van der Waals surface area contributed by atoms with Gasteiger partial charge in [-0.15, -0.1) is 0 Å². The Hall–Kier alpha value is -4.78. The zero-order chi connectivity index (χ0) is 31.4. The van der Waals surface area contributed by atoms with Crippen molar-refractivity contribution in [2.45, 2.75) is 50.4 Å². The minimum atomic E-state index is -4.99. The number of hydrogen-bond donors (Lipinski definition) is 2. The maximum Gasteiger partial charge on any atom is 0.490 e. The van der Waals surface area contributed by atoms with Gasteiger partial charge in [-0.3, -0.25) is 0 Å². The van der Waals surface area contributed by atoms with Gasteiger partial charge in [0, 0.05) is 36.4 Å². The third-order valence-corrected chi connectivity index (χ3v) is 8.36. The Morgan fingerprint density at radius 1 is 0.956 bits per heavy atom. The van der Waals surface area contributed by atoms with Crippen molar-refractivity contribution in [3.8, 4) is 17.0 Å². The summed E-state index contributed by atoms with van der Waals surface area (Å²) < 4.78 is 48.6. The van der Waals surface area contributed by atoms with Crippen LogP contribution in [0.3, 0.4) is 0 Å². The smallest absolute Gasteiger partial charge is 0.481 e. The molecule has 0 bridgehead atoms. The van der Waals surface area contributed by atoms with Crippen LogP contribution in [0.25, 0.3) is 21.3 Å². The minimum Gasteiger partial charge on any atom is -0.481 e. The SMILES string of the molecule is COc1ccc(-c2ccc3nc(Nc4cc(Cc5ccccc5)nc(N[C@H]5CC[C@H](OC(=O)C(F)(F)F)CC5)n4)sc3c2)cn1. The van der Waals surface area contributed by atoms with Crippen molar-refractivity contribution in [3.05, 3.63) is 84.2 Å². The number of esters is 1. The van der Waals surface area contributed by atoms with Crippen LogP contribution >= 0.6 is 11.3 Å². The molecule has 0 atom stereocenters. The molecule has 1 aliphatic rings. The second-order valence-electron chi connectivity index (χ2n) is 10.7. The first kappa shape index (κ1) is 30.3. The van der Waals surface area contributed by atoms with Crippen molar-refractivity contribution >= 4 is 44.4 Å². The van der Waals surface area contributed by atoms with Crippen molar-refractivity contribution in [1.29, 1.82) is 0 Å². The number of alkyl halides is 3. The molecule has 13 heteroatoms. The third-order valence-electron chi connectivity index (χ3n) is 7.42. The number of benzene rings is 2. The highest BCUT2D eigenvalue weighted by Gasteiger charge is 2.42. The van der Waals surface area contributed by atoms with E-state index in [-0.39, 0.29) is 6.04 Å². The van der Waals surface area contributed by atoms with Crippen LogP contribution in [0.4, 0.5) is 30.1 Å². The lowest BCUT2D eigenvalue weighted by molar-refractivity contribution is -0.206. The van der Waals surface area contributed by atoms with E-state index >= 15 is 0 Å². The molecule has 3 heterocycles. The van der Waals surface area contributed by atoms with E-state index in [0.717, 1.165) is 32.6 Å². The largest absolute Gasteiger partial charge is 0.490 e. The molecule has 3 aromatic heterocycles. The van der Waals surface area contributed by atoms with Crippen molar-refractivity contribution < 1.29 is 27.4 Å². The number of ether oxygens (including phenoxy) is 2. The lowest BCUT2D eigenvalue weighted by Crippen LogP contribution is -2.35. The predicted molar refractivity (Wildman–Crippen MR) is 166 cm³/mol. The molecule has 45 heavy (non-hydrogen) atoms. The number of thiazole rings is 1. The molecule has 5 aromatic rings. The van der Waals surface area contributed by atoms with Crippen LogP contribution in [0, 0.1) is 0 Å². The molecule has 6 rings (SSSR count). The quantitative estimate of drug-likeness (QED) is 0.161. The average Bonchev–Trinajstić information content (AvgIpc) is 3.43. The van der Waals surface area contributed by atoms with E-state index in [1.54, 1.807) is 13.3 Å². The second kappa shape index (κ2) is 13.1. The van der Waals surface area contributed by atoms with Crippen molar-refractivity contribution in [3.63, 3.8) is 0 Å². The van der Waals surface area contributed by atoms with Gasteiger partial charge in [-0.1, -0.05) is 47.7 Å². The molecule has 9 nitrogen and oxygen atoms in total. The molecular formula is C32H29F3N6O3S. The fraction of sp³-hybridized carbons (Fsp3) is 0.281. The van der Waals surface area contributed by atoms with E-state index in [0.29, 0.717) is 54.9 Å². The maximum atomic E-state index is 12.6. The standard InChI is InChI=1S/C32H29F3N6O3S/c1-43-28-14-8-21(18-36-28)20-7-13-25-26(16-20)45-31(39-25)41-27-17-23(15-19-5-3-2-4-6-19)38-30(40-27)37-22-9-11-24(12-10-22)44-29(42)32(33,34)35/h2-8,13-14,16-18,22,24H,9-12,15H2,1H3,(H2,37,38,39,40,41)/t22-,24-. The fourth-order valence-corrected chi connectivity index (χ4v) is 6.10. The van der Waals surface area contributed by atoms with Crippen LogP contribution in [-0.4, -0.2) is 51.3 Å². The van der Waals surface area contributed by atoms with E-state index in [9.17, 15) is 18.0 Å². The number of halogens is 3. The molecule has 2 aromatic carbocycles. The minimum absolute atomic E-state index is 0.0843. The highest BCUT2D eigenvalue weighted by Crippen LogP contribution is 2.33. The summed E-state index contributed by atoms with van der Waals surface area (Å²) in [5.41, 5.74) is 4.68. The number of carbonyl (C=O) groups excluding carboxylic acids is 1. The lowest BCUT2D eigenvalue weighted by atomic mass is 9.93. The number of nitrogens with one attached hydrogen (secondary N) is 2. The van der Waals surface area contributed by atoms with Gasteiger partial charge in [-0.05, 0) is 55.0 Å². The second-order valence-corrected chi connectivity index (χ2v) is 11.7. The summed E-state index contributed by atoms with van der Waals surface area (Å²) in [7, 11) is 1.58. The van der Waals surface area contributed by atoms with Crippen LogP contribution in [0.2, 0.25) is 0 Å². The Morgan fingerprint density at radius 2 is 1.73 bits per heavy atom. The topological polar surface area (TPSA) is 111 Å². The van der Waals surface area contributed by atoms with Gasteiger partial charge in [0.05, 0.1) is 23.0 Å². The van der Waals surface area contributed by atoms with Crippen LogP contribution in [0.1, 0.15) is 36.9 Å². The monoisotopic (exact) mass is 634 g/mol. The molecule has 0 unspecified atom stereocenters. The number of carbonyl (C=O) groups is 1. The molecule has 0 saturated heterocycles. The Morgan fingerprint density at radius 3 is 2.44 bits per heavy atom. The summed E-state index contributed by atoms with van der Waals surface area (Å²) >= 11 is 1.50. The van der Waals surface area contributed by atoms with Crippen LogP contribution in [0.15, 0.2) is 72.9 Å². The molecule has 232 valence electrons. The van der Waals surface area contributed by atoms with E-state index in [2.05, 4.69) is 26.4 Å². The molecule has 2 N–H and O–H groups in total. The van der Waals surface area contributed by atoms with Crippen LogP contribution < -0.4 is 15.4 Å². The van der Waals surface area contributed by atoms with Gasteiger partial charge in [0.2, 0.25) is 11.8 Å². The van der Waals surface area contributed by atoms with Gasteiger partial charge in [0.15, 0.2) is 5.13 Å². The summed E-state index contributed by atoms with van der Waals surface area (Å²) in [6, 6.07) is 21.5. The summed E-state index contributed by atoms with van der Waals surface area (Å²) in [5, 5.41) is 7.34. The molecule has 0 radical (unpaired) electrons. The summed E-state index contributed by atoms with van der Waals surface area (Å²) in [6.07, 6.45) is -1.77. The fourth-order valence-electron chi connectivity index (χ4n) is 5.19. The van der Waals surface area contributed by atoms with Gasteiger partial charge in [0.25, 0.3) is 0 Å².